The Hall–Kier alpha value is -3.22. The van der Waals surface area contributed by atoms with E-state index in [2.05, 4.69) is 10.3 Å². The summed E-state index contributed by atoms with van der Waals surface area (Å²) in [7, 11) is 1.54. The van der Waals surface area contributed by atoms with Crippen molar-refractivity contribution in [3.63, 3.8) is 0 Å². The number of ether oxygens (including phenoxy) is 2. The van der Waals surface area contributed by atoms with Gasteiger partial charge >= 0.3 is 5.97 Å². The highest BCUT2D eigenvalue weighted by Gasteiger charge is 2.11. The molecule has 2 rings (SSSR count). The van der Waals surface area contributed by atoms with Gasteiger partial charge in [0, 0.05) is 23.9 Å². The Morgan fingerprint density at radius 2 is 2.04 bits per heavy atom. The van der Waals surface area contributed by atoms with Crippen LogP contribution in [0.15, 0.2) is 36.5 Å². The smallest absolute Gasteiger partial charge is 0.307 e. The number of methoxy groups -OCH3 is 1. The predicted octanol–water partition coefficient (Wildman–Crippen LogP) is 2.25. The Kier molecular flexibility index (Phi) is 6.84. The highest BCUT2D eigenvalue weighted by Crippen LogP contribution is 2.26. The van der Waals surface area contributed by atoms with E-state index in [0.29, 0.717) is 29.0 Å². The molecule has 0 unspecified atom stereocenters. The van der Waals surface area contributed by atoms with Crippen molar-refractivity contribution in [3.8, 4) is 16.9 Å². The number of benzene rings is 1. The van der Waals surface area contributed by atoms with Gasteiger partial charge < -0.3 is 14.8 Å². The molecule has 0 aliphatic carbocycles. The van der Waals surface area contributed by atoms with Crippen LogP contribution in [-0.4, -0.2) is 43.4 Å². The third-order valence-corrected chi connectivity index (χ3v) is 3.61. The molecule has 0 fully saturated rings. The fourth-order valence-corrected chi connectivity index (χ4v) is 2.30. The largest absolute Gasteiger partial charge is 0.497 e. The van der Waals surface area contributed by atoms with Crippen LogP contribution in [0.1, 0.15) is 34.2 Å². The van der Waals surface area contributed by atoms with Crippen molar-refractivity contribution >= 4 is 18.2 Å². The van der Waals surface area contributed by atoms with E-state index in [1.807, 2.05) is 0 Å². The average Bonchev–Trinajstić information content (AvgIpc) is 2.67. The molecule has 0 aliphatic heterocycles. The van der Waals surface area contributed by atoms with Crippen molar-refractivity contribution < 1.29 is 23.9 Å². The number of nitrogens with one attached hydrogen (secondary N) is 1. The maximum absolute atomic E-state index is 12.1. The molecule has 26 heavy (non-hydrogen) atoms. The summed E-state index contributed by atoms with van der Waals surface area (Å²) in [6, 6.07) is 8.36. The monoisotopic (exact) mass is 356 g/mol. The van der Waals surface area contributed by atoms with Gasteiger partial charge in [0.05, 0.1) is 20.1 Å². The lowest BCUT2D eigenvalue weighted by Gasteiger charge is -2.09. The van der Waals surface area contributed by atoms with Crippen LogP contribution >= 0.6 is 0 Å². The topological polar surface area (TPSA) is 94.6 Å². The first-order valence-electron chi connectivity index (χ1n) is 8.12. The number of hydrogen-bond acceptors (Lipinski definition) is 6. The third kappa shape index (κ3) is 4.89. The van der Waals surface area contributed by atoms with Crippen LogP contribution in [0.3, 0.4) is 0 Å². The number of aromatic nitrogens is 1. The molecule has 7 nitrogen and oxygen atoms in total. The van der Waals surface area contributed by atoms with Crippen LogP contribution in [0.25, 0.3) is 11.1 Å². The van der Waals surface area contributed by atoms with E-state index in [1.165, 1.54) is 6.20 Å². The van der Waals surface area contributed by atoms with Crippen molar-refractivity contribution in [2.24, 2.45) is 0 Å². The molecule has 0 radical (unpaired) electrons. The zero-order valence-electron chi connectivity index (χ0n) is 14.7. The summed E-state index contributed by atoms with van der Waals surface area (Å²) in [5.74, 6) is -0.135. The number of esters is 1. The van der Waals surface area contributed by atoms with E-state index in [9.17, 15) is 14.4 Å². The Balaban J connectivity index is 2.07. The second kappa shape index (κ2) is 9.31. The van der Waals surface area contributed by atoms with Crippen molar-refractivity contribution in [2.75, 3.05) is 20.3 Å². The lowest BCUT2D eigenvalue weighted by Crippen LogP contribution is -2.27. The highest BCUT2D eigenvalue weighted by molar-refractivity contribution is 5.93. The number of aldehydes is 1. The first kappa shape index (κ1) is 19.1. The van der Waals surface area contributed by atoms with Crippen molar-refractivity contribution in [3.05, 3.63) is 47.8 Å². The van der Waals surface area contributed by atoms with Gasteiger partial charge in [0.25, 0.3) is 5.91 Å². The lowest BCUT2D eigenvalue weighted by atomic mass is 10.0. The highest BCUT2D eigenvalue weighted by atomic mass is 16.5. The number of rotatable bonds is 8. The molecule has 0 atom stereocenters. The van der Waals surface area contributed by atoms with Crippen LogP contribution in [0, 0.1) is 0 Å². The van der Waals surface area contributed by atoms with Crippen LogP contribution in [0.2, 0.25) is 0 Å². The van der Waals surface area contributed by atoms with E-state index in [-0.39, 0.29) is 30.5 Å². The van der Waals surface area contributed by atoms with E-state index in [1.54, 1.807) is 44.4 Å². The summed E-state index contributed by atoms with van der Waals surface area (Å²) >= 11 is 0. The van der Waals surface area contributed by atoms with Gasteiger partial charge in [0.1, 0.15) is 11.4 Å². The molecule has 0 saturated carbocycles. The van der Waals surface area contributed by atoms with E-state index in [4.69, 9.17) is 9.47 Å². The van der Waals surface area contributed by atoms with Crippen LogP contribution < -0.4 is 10.1 Å². The number of hydrogen-bond donors (Lipinski definition) is 1. The number of carbonyl (C=O) groups excluding carboxylic acids is 3. The molecular weight excluding hydrogens is 336 g/mol. The summed E-state index contributed by atoms with van der Waals surface area (Å²) in [4.78, 5) is 38.7. The molecule has 0 aliphatic rings. The lowest BCUT2D eigenvalue weighted by molar-refractivity contribution is -0.142. The number of carbonyl (C=O) groups is 3. The van der Waals surface area contributed by atoms with E-state index >= 15 is 0 Å². The van der Waals surface area contributed by atoms with E-state index < -0.39 is 0 Å². The average molecular weight is 356 g/mol. The van der Waals surface area contributed by atoms with Gasteiger partial charge in [-0.3, -0.25) is 19.4 Å². The molecule has 1 heterocycles. The molecule has 1 N–H and O–H groups in total. The van der Waals surface area contributed by atoms with Gasteiger partial charge in [-0.05, 0) is 36.8 Å². The van der Waals surface area contributed by atoms with Gasteiger partial charge in [-0.1, -0.05) is 6.07 Å². The minimum atomic E-state index is -0.387. The first-order chi connectivity index (χ1) is 12.6. The molecule has 1 aromatic heterocycles. The summed E-state index contributed by atoms with van der Waals surface area (Å²) < 4.78 is 9.97. The van der Waals surface area contributed by atoms with Crippen molar-refractivity contribution in [1.82, 2.24) is 10.3 Å². The molecule has 136 valence electrons. The SMILES string of the molecule is CCOC(=O)CCNC(=O)c1ccc(-c2cc(OC)ccc2C=O)cn1. The minimum Gasteiger partial charge on any atom is -0.497 e. The Morgan fingerprint density at radius 3 is 2.65 bits per heavy atom. The maximum Gasteiger partial charge on any atom is 0.307 e. The Labute approximate surface area is 151 Å². The summed E-state index contributed by atoms with van der Waals surface area (Å²) in [5.41, 5.74) is 2.07. The predicted molar refractivity (Wildman–Crippen MR) is 95.2 cm³/mol. The minimum absolute atomic E-state index is 0.101. The second-order valence-corrected chi connectivity index (χ2v) is 5.31. The first-order valence-corrected chi connectivity index (χ1v) is 8.12. The number of pyridine rings is 1. The Morgan fingerprint density at radius 1 is 1.23 bits per heavy atom. The normalized spacial score (nSPS) is 10.1. The molecule has 0 spiro atoms. The van der Waals surface area contributed by atoms with Gasteiger partial charge in [0.15, 0.2) is 6.29 Å². The number of nitrogens with zero attached hydrogens (tertiary/aromatic N) is 1. The van der Waals surface area contributed by atoms with Crippen LogP contribution in [0.4, 0.5) is 0 Å². The molecule has 1 amide bonds. The van der Waals surface area contributed by atoms with Gasteiger partial charge in [0.2, 0.25) is 0 Å². The Bertz CT molecular complexity index is 787. The van der Waals surface area contributed by atoms with Gasteiger partial charge in [-0.2, -0.15) is 0 Å². The van der Waals surface area contributed by atoms with Gasteiger partial charge in [-0.15, -0.1) is 0 Å². The molecule has 0 saturated heterocycles. The van der Waals surface area contributed by atoms with Crippen molar-refractivity contribution in [1.29, 1.82) is 0 Å². The molecule has 1 aromatic carbocycles. The summed E-state index contributed by atoms with van der Waals surface area (Å²) in [6.45, 7) is 2.20. The third-order valence-electron chi connectivity index (χ3n) is 3.61. The zero-order valence-corrected chi connectivity index (χ0v) is 14.7. The van der Waals surface area contributed by atoms with Gasteiger partial charge in [-0.25, -0.2) is 0 Å². The maximum atomic E-state index is 12.1. The fraction of sp³-hybridized carbons (Fsp3) is 0.263. The van der Waals surface area contributed by atoms with E-state index in [0.717, 1.165) is 6.29 Å². The molecular formula is C19H20N2O5. The van der Waals surface area contributed by atoms with Crippen LogP contribution in [0.5, 0.6) is 5.75 Å². The molecule has 0 bridgehead atoms. The molecule has 2 aromatic rings. The number of amides is 1. The second-order valence-electron chi connectivity index (χ2n) is 5.31. The molecule has 7 heteroatoms. The fourth-order valence-electron chi connectivity index (χ4n) is 2.30. The zero-order chi connectivity index (χ0) is 18.9. The summed E-state index contributed by atoms with van der Waals surface area (Å²) in [6.07, 6.45) is 2.37. The van der Waals surface area contributed by atoms with Crippen LogP contribution in [-0.2, 0) is 9.53 Å². The van der Waals surface area contributed by atoms with Crippen molar-refractivity contribution in [2.45, 2.75) is 13.3 Å². The summed E-state index contributed by atoms with van der Waals surface area (Å²) in [5, 5.41) is 2.61. The quantitative estimate of drug-likeness (QED) is 0.576. The standard InChI is InChI=1S/C19H20N2O5/c1-3-26-18(23)8-9-20-19(24)17-7-5-13(11-21-17)16-10-15(25-2)6-4-14(16)12-22/h4-7,10-12H,3,8-9H2,1-2H3,(H,20,24).